The zero-order chi connectivity index (χ0) is 20.0. The van der Waals surface area contributed by atoms with E-state index in [4.69, 9.17) is 4.74 Å². The van der Waals surface area contributed by atoms with Crippen LogP contribution in [0.2, 0.25) is 0 Å². The molecule has 0 radical (unpaired) electrons. The number of carbonyl (C=O) groups is 1. The number of hydrogen-bond donors (Lipinski definition) is 2. The number of amides is 1. The van der Waals surface area contributed by atoms with Crippen molar-refractivity contribution in [2.24, 2.45) is 5.10 Å². The van der Waals surface area contributed by atoms with E-state index in [2.05, 4.69) is 26.5 Å². The van der Waals surface area contributed by atoms with Crippen molar-refractivity contribution >= 4 is 43.8 Å². The Balaban J connectivity index is 2.07. The third kappa shape index (κ3) is 5.97. The van der Waals surface area contributed by atoms with Gasteiger partial charge in [-0.2, -0.15) is 5.10 Å². The average Bonchev–Trinajstić information content (AvgIpc) is 2.61. The lowest BCUT2D eigenvalue weighted by molar-refractivity contribution is -0.119. The van der Waals surface area contributed by atoms with E-state index < -0.39 is 22.5 Å². The molecule has 2 rings (SSSR count). The van der Waals surface area contributed by atoms with Crippen molar-refractivity contribution in [3.63, 3.8) is 0 Å². The molecule has 0 unspecified atom stereocenters. The molecule has 27 heavy (non-hydrogen) atoms. The summed E-state index contributed by atoms with van der Waals surface area (Å²) in [4.78, 5) is 12.1. The number of benzene rings is 2. The number of nitrogens with zero attached hydrogens (tertiary/aromatic N) is 2. The molecule has 0 bridgehead atoms. The minimum Gasteiger partial charge on any atom is -0.504 e. The Morgan fingerprint density at radius 2 is 1.96 bits per heavy atom. The van der Waals surface area contributed by atoms with Gasteiger partial charge in [0.15, 0.2) is 11.5 Å². The van der Waals surface area contributed by atoms with E-state index in [9.17, 15) is 18.3 Å². The van der Waals surface area contributed by atoms with E-state index in [1.54, 1.807) is 30.3 Å². The zero-order valence-corrected chi connectivity index (χ0v) is 17.0. The van der Waals surface area contributed by atoms with Crippen LogP contribution in [0.3, 0.4) is 0 Å². The molecule has 2 aromatic rings. The molecule has 10 heteroatoms. The smallest absolute Gasteiger partial charge is 0.260 e. The van der Waals surface area contributed by atoms with Gasteiger partial charge in [0, 0.05) is 4.47 Å². The van der Waals surface area contributed by atoms with Crippen molar-refractivity contribution in [2.45, 2.75) is 0 Å². The summed E-state index contributed by atoms with van der Waals surface area (Å²) in [6.45, 7) is -0.420. The second-order valence-corrected chi connectivity index (χ2v) is 8.29. The Labute approximate surface area is 165 Å². The predicted octanol–water partition coefficient (Wildman–Crippen LogP) is 2.08. The average molecular weight is 456 g/mol. The minimum absolute atomic E-state index is 0.0167. The van der Waals surface area contributed by atoms with Crippen molar-refractivity contribution in [2.75, 3.05) is 24.2 Å². The van der Waals surface area contributed by atoms with Crippen LogP contribution in [-0.4, -0.2) is 45.6 Å². The summed E-state index contributed by atoms with van der Waals surface area (Å²) >= 11 is 3.28. The Morgan fingerprint density at radius 1 is 1.30 bits per heavy atom. The lowest BCUT2D eigenvalue weighted by atomic mass is 10.2. The number of aromatic hydroxyl groups is 1. The number of rotatable bonds is 7. The molecule has 1 amide bonds. The van der Waals surface area contributed by atoms with E-state index in [0.29, 0.717) is 11.3 Å². The molecule has 144 valence electrons. The molecule has 2 aromatic carbocycles. The maximum atomic E-state index is 12.1. The number of hydrogen-bond acceptors (Lipinski definition) is 6. The fraction of sp³-hybridized carbons (Fsp3) is 0.176. The highest BCUT2D eigenvalue weighted by Crippen LogP contribution is 2.25. The van der Waals surface area contributed by atoms with Gasteiger partial charge in [-0.1, -0.05) is 15.9 Å². The number of halogens is 1. The van der Waals surface area contributed by atoms with Crippen LogP contribution < -0.4 is 14.5 Å². The Morgan fingerprint density at radius 3 is 2.56 bits per heavy atom. The molecule has 0 fully saturated rings. The van der Waals surface area contributed by atoms with Gasteiger partial charge in [0.2, 0.25) is 10.0 Å². The maximum absolute atomic E-state index is 12.1. The van der Waals surface area contributed by atoms with Crippen LogP contribution in [0.4, 0.5) is 5.69 Å². The summed E-state index contributed by atoms with van der Waals surface area (Å²) < 4.78 is 30.8. The molecule has 0 spiro atoms. The molecule has 0 saturated carbocycles. The van der Waals surface area contributed by atoms with E-state index in [1.165, 1.54) is 25.5 Å². The minimum atomic E-state index is -3.66. The maximum Gasteiger partial charge on any atom is 0.260 e. The zero-order valence-electron chi connectivity index (χ0n) is 14.6. The van der Waals surface area contributed by atoms with Crippen LogP contribution >= 0.6 is 15.9 Å². The van der Waals surface area contributed by atoms with Gasteiger partial charge < -0.3 is 9.84 Å². The highest BCUT2D eigenvalue weighted by atomic mass is 79.9. The first-order valence-corrected chi connectivity index (χ1v) is 10.3. The Kier molecular flexibility index (Phi) is 6.81. The second-order valence-electron chi connectivity index (χ2n) is 5.47. The largest absolute Gasteiger partial charge is 0.504 e. The monoisotopic (exact) mass is 455 g/mol. The summed E-state index contributed by atoms with van der Waals surface area (Å²) in [5, 5.41) is 13.3. The van der Waals surface area contributed by atoms with Crippen LogP contribution in [0.15, 0.2) is 52.0 Å². The number of phenols is 1. The number of hydrazone groups is 1. The number of methoxy groups -OCH3 is 1. The fourth-order valence-corrected chi connectivity index (χ4v) is 3.25. The lowest BCUT2D eigenvalue weighted by Gasteiger charge is -2.21. The molecule has 0 aliphatic carbocycles. The highest BCUT2D eigenvalue weighted by molar-refractivity contribution is 9.10. The summed E-state index contributed by atoms with van der Waals surface area (Å²) in [7, 11) is -2.24. The van der Waals surface area contributed by atoms with Crippen molar-refractivity contribution in [1.82, 2.24) is 5.43 Å². The predicted molar refractivity (Wildman–Crippen MR) is 107 cm³/mol. The molecule has 0 aliphatic rings. The quantitative estimate of drug-likeness (QED) is 0.490. The summed E-state index contributed by atoms with van der Waals surface area (Å²) in [6.07, 6.45) is 2.37. The molecule has 0 saturated heterocycles. The first-order chi connectivity index (χ1) is 12.7. The SMILES string of the molecule is COc1cc(/C=N\NC(=O)CN(c2ccc(Br)cc2)S(C)(=O)=O)ccc1O. The van der Waals surface area contributed by atoms with E-state index in [0.717, 1.165) is 15.0 Å². The number of nitrogens with one attached hydrogen (secondary N) is 1. The first kappa shape index (κ1) is 20.7. The van der Waals surface area contributed by atoms with Gasteiger partial charge in [0.05, 0.1) is 25.3 Å². The normalized spacial score (nSPS) is 11.4. The second kappa shape index (κ2) is 8.87. The standard InChI is InChI=1S/C17H18BrN3O5S/c1-26-16-9-12(3-8-15(16)22)10-19-20-17(23)11-21(27(2,24)25)14-6-4-13(18)5-7-14/h3-10,22H,11H2,1-2H3,(H,20,23)/b19-10-. The number of anilines is 1. The number of sulfonamides is 1. The molecule has 0 heterocycles. The Hall–Kier alpha value is -2.59. The van der Waals surface area contributed by atoms with Crippen molar-refractivity contribution in [1.29, 1.82) is 0 Å². The van der Waals surface area contributed by atoms with Crippen molar-refractivity contribution < 1.29 is 23.1 Å². The lowest BCUT2D eigenvalue weighted by Crippen LogP contribution is -2.39. The number of phenolic OH excluding ortho intramolecular Hbond substituents is 1. The first-order valence-electron chi connectivity index (χ1n) is 7.63. The van der Waals surface area contributed by atoms with Gasteiger partial charge in [-0.05, 0) is 48.0 Å². The van der Waals surface area contributed by atoms with Crippen LogP contribution in [0.5, 0.6) is 11.5 Å². The molecular weight excluding hydrogens is 438 g/mol. The van der Waals surface area contributed by atoms with Crippen molar-refractivity contribution in [3.05, 3.63) is 52.5 Å². The molecule has 0 aromatic heterocycles. The third-order valence-electron chi connectivity index (χ3n) is 3.41. The van der Waals surface area contributed by atoms with Crippen LogP contribution in [0.25, 0.3) is 0 Å². The van der Waals surface area contributed by atoms with Gasteiger partial charge in [0.1, 0.15) is 6.54 Å². The van der Waals surface area contributed by atoms with Gasteiger partial charge in [0.25, 0.3) is 5.91 Å². The number of carbonyl (C=O) groups excluding carboxylic acids is 1. The van der Waals surface area contributed by atoms with Crippen LogP contribution in [0.1, 0.15) is 5.56 Å². The van der Waals surface area contributed by atoms with Gasteiger partial charge in [-0.25, -0.2) is 13.8 Å². The topological polar surface area (TPSA) is 108 Å². The number of ether oxygens (including phenoxy) is 1. The van der Waals surface area contributed by atoms with E-state index >= 15 is 0 Å². The highest BCUT2D eigenvalue weighted by Gasteiger charge is 2.20. The summed E-state index contributed by atoms with van der Waals surface area (Å²) in [6, 6.07) is 11.1. The van der Waals surface area contributed by atoms with Crippen LogP contribution in [-0.2, 0) is 14.8 Å². The molecule has 0 aliphatic heterocycles. The van der Waals surface area contributed by atoms with E-state index in [1.807, 2.05) is 0 Å². The van der Waals surface area contributed by atoms with Gasteiger partial charge in [-0.3, -0.25) is 9.10 Å². The van der Waals surface area contributed by atoms with E-state index in [-0.39, 0.29) is 11.5 Å². The molecule has 0 atom stereocenters. The fourth-order valence-electron chi connectivity index (χ4n) is 2.13. The van der Waals surface area contributed by atoms with Gasteiger partial charge >= 0.3 is 0 Å². The third-order valence-corrected chi connectivity index (χ3v) is 5.08. The Bertz CT molecular complexity index is 946. The van der Waals surface area contributed by atoms with Crippen molar-refractivity contribution in [3.8, 4) is 11.5 Å². The summed E-state index contributed by atoms with van der Waals surface area (Å²) in [5.74, 6) is -0.355. The molecule has 2 N–H and O–H groups in total. The van der Waals surface area contributed by atoms with Crippen LogP contribution in [0, 0.1) is 0 Å². The van der Waals surface area contributed by atoms with Gasteiger partial charge in [-0.15, -0.1) is 0 Å². The molecule has 8 nitrogen and oxygen atoms in total. The summed E-state index contributed by atoms with van der Waals surface area (Å²) in [5.41, 5.74) is 3.22. The molecular formula is C17H18BrN3O5S.